The van der Waals surface area contributed by atoms with Crippen LogP contribution in [-0.4, -0.2) is 37.0 Å². The van der Waals surface area contributed by atoms with E-state index in [2.05, 4.69) is 15.5 Å². The van der Waals surface area contributed by atoms with Gasteiger partial charge in [-0.05, 0) is 18.7 Å². The first-order chi connectivity index (χ1) is 9.96. The molecule has 2 N–H and O–H groups in total. The van der Waals surface area contributed by atoms with Gasteiger partial charge in [0.25, 0.3) is 10.0 Å². The van der Waals surface area contributed by atoms with E-state index in [0.29, 0.717) is 17.1 Å². The van der Waals surface area contributed by atoms with Crippen LogP contribution in [0.2, 0.25) is 5.02 Å². The molecule has 1 heterocycles. The van der Waals surface area contributed by atoms with Crippen LogP contribution in [0.4, 0.5) is 0 Å². The summed E-state index contributed by atoms with van der Waals surface area (Å²) in [4.78, 5) is 0. The van der Waals surface area contributed by atoms with E-state index in [9.17, 15) is 8.42 Å². The van der Waals surface area contributed by atoms with E-state index in [4.69, 9.17) is 11.6 Å². The zero-order chi connectivity index (χ0) is 15.5. The third-order valence-corrected chi connectivity index (χ3v) is 5.25. The van der Waals surface area contributed by atoms with Gasteiger partial charge in [0, 0.05) is 30.7 Å². The largest absolute Gasteiger partial charge is 0.316 e. The number of benzene rings is 1. The number of nitrogens with one attached hydrogen (secondary N) is 2. The van der Waals surface area contributed by atoms with E-state index in [1.54, 1.807) is 25.2 Å². The van der Waals surface area contributed by atoms with E-state index in [1.807, 2.05) is 6.07 Å². The van der Waals surface area contributed by atoms with Crippen molar-refractivity contribution < 1.29 is 8.42 Å². The van der Waals surface area contributed by atoms with E-state index in [0.717, 1.165) is 5.56 Å². The highest BCUT2D eigenvalue weighted by atomic mass is 35.5. The van der Waals surface area contributed by atoms with Gasteiger partial charge in [0.15, 0.2) is 5.03 Å². The zero-order valence-corrected chi connectivity index (χ0v) is 13.4. The monoisotopic (exact) mass is 328 g/mol. The first kappa shape index (κ1) is 16.0. The first-order valence-electron chi connectivity index (χ1n) is 6.33. The van der Waals surface area contributed by atoms with E-state index in [-0.39, 0.29) is 11.6 Å². The number of hydrogen-bond donors (Lipinski definition) is 2. The van der Waals surface area contributed by atoms with Crippen LogP contribution in [0.3, 0.4) is 0 Å². The molecule has 0 spiro atoms. The maximum atomic E-state index is 12.6. The van der Waals surface area contributed by atoms with Gasteiger partial charge in [0.1, 0.15) is 0 Å². The highest BCUT2D eigenvalue weighted by Gasteiger charge is 2.26. The number of rotatable bonds is 6. The molecular formula is C13H17ClN4O2S. The summed E-state index contributed by atoms with van der Waals surface area (Å²) < 4.78 is 26.4. The van der Waals surface area contributed by atoms with Crippen LogP contribution in [0.5, 0.6) is 0 Å². The fraction of sp³-hybridized carbons (Fsp3) is 0.308. The predicted molar refractivity (Wildman–Crippen MR) is 81.5 cm³/mol. The van der Waals surface area contributed by atoms with Crippen LogP contribution in [0.25, 0.3) is 0 Å². The lowest BCUT2D eigenvalue weighted by Crippen LogP contribution is -2.28. The van der Waals surface area contributed by atoms with Crippen molar-refractivity contribution in [3.63, 3.8) is 0 Å². The molecule has 0 saturated heterocycles. The van der Waals surface area contributed by atoms with Crippen LogP contribution in [0.15, 0.2) is 35.5 Å². The van der Waals surface area contributed by atoms with Gasteiger partial charge in [-0.15, -0.1) is 0 Å². The average Bonchev–Trinajstić information content (AvgIpc) is 2.90. The van der Waals surface area contributed by atoms with E-state index in [1.165, 1.54) is 17.5 Å². The molecule has 21 heavy (non-hydrogen) atoms. The van der Waals surface area contributed by atoms with Crippen molar-refractivity contribution in [2.75, 3.05) is 14.1 Å². The second kappa shape index (κ2) is 6.57. The topological polar surface area (TPSA) is 78.1 Å². The van der Waals surface area contributed by atoms with Gasteiger partial charge in [0.05, 0.1) is 6.20 Å². The third kappa shape index (κ3) is 3.44. The molecule has 2 rings (SSSR count). The summed E-state index contributed by atoms with van der Waals surface area (Å²) in [7, 11) is -0.383. The molecule has 0 aliphatic carbocycles. The van der Waals surface area contributed by atoms with Crippen molar-refractivity contribution in [1.29, 1.82) is 0 Å². The minimum absolute atomic E-state index is 0.103. The molecule has 0 aliphatic heterocycles. The summed E-state index contributed by atoms with van der Waals surface area (Å²) in [5.74, 6) is 0. The Morgan fingerprint density at radius 3 is 2.71 bits per heavy atom. The zero-order valence-electron chi connectivity index (χ0n) is 11.8. The Balaban J connectivity index is 2.27. The van der Waals surface area contributed by atoms with Gasteiger partial charge in [-0.2, -0.15) is 9.40 Å². The van der Waals surface area contributed by atoms with Gasteiger partial charge in [-0.3, -0.25) is 5.10 Å². The Morgan fingerprint density at radius 2 is 2.05 bits per heavy atom. The van der Waals surface area contributed by atoms with Gasteiger partial charge >= 0.3 is 0 Å². The van der Waals surface area contributed by atoms with Crippen molar-refractivity contribution in [3.8, 4) is 0 Å². The number of hydrogen-bond acceptors (Lipinski definition) is 4. The minimum Gasteiger partial charge on any atom is -0.316 e. The van der Waals surface area contributed by atoms with Gasteiger partial charge in [-0.1, -0.05) is 29.8 Å². The average molecular weight is 329 g/mol. The van der Waals surface area contributed by atoms with Crippen molar-refractivity contribution in [2.45, 2.75) is 18.1 Å². The minimum atomic E-state index is -3.65. The molecule has 0 atom stereocenters. The van der Waals surface area contributed by atoms with Crippen molar-refractivity contribution in [3.05, 3.63) is 46.6 Å². The Bertz CT molecular complexity index is 714. The number of aromatic amines is 1. The Morgan fingerprint density at radius 1 is 1.33 bits per heavy atom. The molecule has 114 valence electrons. The Kier molecular flexibility index (Phi) is 5.00. The fourth-order valence-electron chi connectivity index (χ4n) is 1.95. The number of nitrogens with zero attached hydrogens (tertiary/aromatic N) is 2. The maximum Gasteiger partial charge on any atom is 0.260 e. The Hall–Kier alpha value is -1.41. The van der Waals surface area contributed by atoms with Gasteiger partial charge < -0.3 is 5.32 Å². The lowest BCUT2D eigenvalue weighted by molar-refractivity contribution is 0.462. The number of aromatic nitrogens is 2. The standard InChI is InChI=1S/C13H17ClN4O2S/c1-15-7-11-8-16-17-13(11)21(19,20)18(2)9-10-5-3-4-6-12(10)14/h3-6,8,15H,7,9H2,1-2H3,(H,16,17). The highest BCUT2D eigenvalue weighted by Crippen LogP contribution is 2.21. The second-order valence-electron chi connectivity index (χ2n) is 4.61. The molecule has 0 unspecified atom stereocenters. The van der Waals surface area contributed by atoms with Gasteiger partial charge in [0.2, 0.25) is 0 Å². The molecule has 0 saturated carbocycles. The van der Waals surface area contributed by atoms with Crippen LogP contribution in [0.1, 0.15) is 11.1 Å². The van der Waals surface area contributed by atoms with Gasteiger partial charge in [-0.25, -0.2) is 8.42 Å². The molecule has 0 radical (unpaired) electrons. The molecule has 2 aromatic rings. The van der Waals surface area contributed by atoms with E-state index < -0.39 is 10.0 Å². The summed E-state index contributed by atoms with van der Waals surface area (Å²) in [6, 6.07) is 7.17. The molecule has 0 fully saturated rings. The smallest absolute Gasteiger partial charge is 0.260 e. The normalized spacial score (nSPS) is 12.0. The quantitative estimate of drug-likeness (QED) is 0.844. The molecule has 0 amide bonds. The van der Waals surface area contributed by atoms with Crippen LogP contribution < -0.4 is 5.32 Å². The first-order valence-corrected chi connectivity index (χ1v) is 8.15. The third-order valence-electron chi connectivity index (χ3n) is 3.06. The Labute approximate surface area is 129 Å². The van der Waals surface area contributed by atoms with Crippen molar-refractivity contribution in [2.24, 2.45) is 0 Å². The molecular weight excluding hydrogens is 312 g/mol. The number of sulfonamides is 1. The van der Waals surface area contributed by atoms with Crippen molar-refractivity contribution in [1.82, 2.24) is 19.8 Å². The summed E-state index contributed by atoms with van der Waals surface area (Å²) in [6.45, 7) is 0.616. The summed E-state index contributed by atoms with van der Waals surface area (Å²) in [6.07, 6.45) is 1.51. The predicted octanol–water partition coefficient (Wildman–Crippen LogP) is 1.60. The van der Waals surface area contributed by atoms with Crippen LogP contribution >= 0.6 is 11.6 Å². The molecule has 8 heteroatoms. The SMILES string of the molecule is CNCc1cn[nH]c1S(=O)(=O)N(C)Cc1ccccc1Cl. The van der Waals surface area contributed by atoms with Crippen LogP contribution in [0, 0.1) is 0 Å². The summed E-state index contributed by atoms with van der Waals surface area (Å²) >= 11 is 6.07. The molecule has 6 nitrogen and oxygen atoms in total. The molecule has 0 aliphatic rings. The molecule has 0 bridgehead atoms. The number of halogens is 1. The molecule has 1 aromatic carbocycles. The molecule has 1 aromatic heterocycles. The summed E-state index contributed by atoms with van der Waals surface area (Å²) in [5, 5.41) is 9.94. The fourth-order valence-corrected chi connectivity index (χ4v) is 3.39. The summed E-state index contributed by atoms with van der Waals surface area (Å²) in [5.41, 5.74) is 1.35. The number of H-pyrrole nitrogens is 1. The maximum absolute atomic E-state index is 12.6. The van der Waals surface area contributed by atoms with Crippen molar-refractivity contribution >= 4 is 21.6 Å². The van der Waals surface area contributed by atoms with E-state index >= 15 is 0 Å². The second-order valence-corrected chi connectivity index (χ2v) is 7.00. The highest BCUT2D eigenvalue weighted by molar-refractivity contribution is 7.89. The lowest BCUT2D eigenvalue weighted by Gasteiger charge is -2.17. The van der Waals surface area contributed by atoms with Crippen LogP contribution in [-0.2, 0) is 23.1 Å². The lowest BCUT2D eigenvalue weighted by atomic mass is 10.2.